The molecule has 1 aromatic rings. The molecule has 0 radical (unpaired) electrons. The topological polar surface area (TPSA) is 92.4 Å². The van der Waals surface area contributed by atoms with Gasteiger partial charge >= 0.3 is 5.97 Å². The fourth-order valence-corrected chi connectivity index (χ4v) is 2.13. The Morgan fingerprint density at radius 1 is 1.42 bits per heavy atom. The van der Waals surface area contributed by atoms with Gasteiger partial charge in [0.15, 0.2) is 0 Å². The lowest BCUT2D eigenvalue weighted by Crippen LogP contribution is -2.47. The van der Waals surface area contributed by atoms with E-state index in [1.54, 1.807) is 0 Å². The molecule has 1 amide bonds. The van der Waals surface area contributed by atoms with Crippen LogP contribution in [0.5, 0.6) is 0 Å². The number of nitrogens with one attached hydrogen (secondary N) is 1. The predicted molar refractivity (Wildman–Crippen MR) is 67.1 cm³/mol. The summed E-state index contributed by atoms with van der Waals surface area (Å²) in [6, 6.07) is 3.77. The summed E-state index contributed by atoms with van der Waals surface area (Å²) >= 11 is 0. The number of benzene rings is 1. The van der Waals surface area contributed by atoms with E-state index in [4.69, 9.17) is 10.8 Å². The molecule has 5 nitrogen and oxygen atoms in total. The summed E-state index contributed by atoms with van der Waals surface area (Å²) in [6.07, 6.45) is 1.90. The summed E-state index contributed by atoms with van der Waals surface area (Å²) in [5.74, 6) is -2.25. The average molecular weight is 266 g/mol. The minimum Gasteiger partial charge on any atom is -0.481 e. The highest BCUT2D eigenvalue weighted by molar-refractivity contribution is 5.95. The van der Waals surface area contributed by atoms with Crippen molar-refractivity contribution in [1.29, 1.82) is 0 Å². The molecule has 0 unspecified atom stereocenters. The third-order valence-corrected chi connectivity index (χ3v) is 3.59. The Hall–Kier alpha value is -2.11. The number of halogens is 1. The molecule has 1 aliphatic rings. The second kappa shape index (κ2) is 4.87. The van der Waals surface area contributed by atoms with E-state index in [0.717, 1.165) is 12.5 Å². The quantitative estimate of drug-likeness (QED) is 0.718. The van der Waals surface area contributed by atoms with Crippen LogP contribution in [-0.2, 0) is 4.79 Å². The molecule has 0 heterocycles. The summed E-state index contributed by atoms with van der Waals surface area (Å²) in [5.41, 5.74) is 4.60. The summed E-state index contributed by atoms with van der Waals surface area (Å²) < 4.78 is 13.5. The van der Waals surface area contributed by atoms with Gasteiger partial charge in [-0.05, 0) is 31.0 Å². The molecule has 102 valence electrons. The summed E-state index contributed by atoms with van der Waals surface area (Å²) in [6.45, 7) is 0.0188. The molecule has 2 rings (SSSR count). The molecule has 19 heavy (non-hydrogen) atoms. The highest BCUT2D eigenvalue weighted by Gasteiger charge is 2.44. The van der Waals surface area contributed by atoms with Crippen LogP contribution in [0, 0.1) is 11.2 Å². The van der Waals surface area contributed by atoms with Crippen LogP contribution >= 0.6 is 0 Å². The van der Waals surface area contributed by atoms with Gasteiger partial charge in [-0.1, -0.05) is 6.42 Å². The molecule has 1 saturated carbocycles. The van der Waals surface area contributed by atoms with Gasteiger partial charge in [-0.15, -0.1) is 0 Å². The molecule has 6 heteroatoms. The summed E-state index contributed by atoms with van der Waals surface area (Å²) in [4.78, 5) is 22.9. The molecule has 0 aliphatic heterocycles. The maximum Gasteiger partial charge on any atom is 0.311 e. The molecule has 4 N–H and O–H groups in total. The Kier molecular flexibility index (Phi) is 3.42. The smallest absolute Gasteiger partial charge is 0.311 e. The number of amides is 1. The monoisotopic (exact) mass is 266 g/mol. The van der Waals surface area contributed by atoms with Crippen molar-refractivity contribution in [2.24, 2.45) is 5.41 Å². The Labute approximate surface area is 109 Å². The molecular weight excluding hydrogens is 251 g/mol. The van der Waals surface area contributed by atoms with Crippen molar-refractivity contribution < 1.29 is 19.1 Å². The van der Waals surface area contributed by atoms with Gasteiger partial charge in [0.2, 0.25) is 0 Å². The normalized spacial score (nSPS) is 16.5. The van der Waals surface area contributed by atoms with Crippen LogP contribution in [0.1, 0.15) is 29.6 Å². The second-order valence-corrected chi connectivity index (χ2v) is 4.86. The first-order chi connectivity index (χ1) is 8.94. The number of rotatable bonds is 4. The molecule has 0 bridgehead atoms. The fourth-order valence-electron chi connectivity index (χ4n) is 2.13. The first kappa shape index (κ1) is 13.3. The molecule has 0 saturated heterocycles. The van der Waals surface area contributed by atoms with Gasteiger partial charge in [-0.3, -0.25) is 9.59 Å². The largest absolute Gasteiger partial charge is 0.481 e. The third-order valence-electron chi connectivity index (χ3n) is 3.59. The molecule has 0 aromatic heterocycles. The van der Waals surface area contributed by atoms with E-state index >= 15 is 0 Å². The van der Waals surface area contributed by atoms with Gasteiger partial charge in [0.1, 0.15) is 5.82 Å². The number of hydrogen-bond donors (Lipinski definition) is 3. The number of carboxylic acids is 1. The van der Waals surface area contributed by atoms with Crippen LogP contribution in [0.4, 0.5) is 10.1 Å². The highest BCUT2D eigenvalue weighted by Crippen LogP contribution is 2.40. The Morgan fingerprint density at radius 3 is 2.58 bits per heavy atom. The van der Waals surface area contributed by atoms with Gasteiger partial charge in [0.05, 0.1) is 11.0 Å². The van der Waals surface area contributed by atoms with Crippen molar-refractivity contribution in [2.75, 3.05) is 12.3 Å². The minimum absolute atomic E-state index is 0.0188. The van der Waals surface area contributed by atoms with Gasteiger partial charge in [0, 0.05) is 12.2 Å². The number of carboxylic acid groups (broad SMARTS) is 1. The van der Waals surface area contributed by atoms with E-state index in [0.29, 0.717) is 12.8 Å². The van der Waals surface area contributed by atoms with E-state index < -0.39 is 23.1 Å². The third kappa shape index (κ3) is 2.52. The lowest BCUT2D eigenvalue weighted by Gasteiger charge is -2.37. The summed E-state index contributed by atoms with van der Waals surface area (Å²) in [5, 5.41) is 11.6. The number of nitrogens with two attached hydrogens (primary N) is 1. The first-order valence-electron chi connectivity index (χ1n) is 6.01. The van der Waals surface area contributed by atoms with E-state index in [1.165, 1.54) is 12.1 Å². The van der Waals surface area contributed by atoms with Crippen molar-refractivity contribution in [3.63, 3.8) is 0 Å². The second-order valence-electron chi connectivity index (χ2n) is 4.86. The Balaban J connectivity index is 2.03. The van der Waals surface area contributed by atoms with Crippen LogP contribution in [0.25, 0.3) is 0 Å². The number of carbonyl (C=O) groups excluding carboxylic acids is 1. The Morgan fingerprint density at radius 2 is 2.11 bits per heavy atom. The SMILES string of the molecule is Nc1ccc(C(=O)NCC2(C(=O)O)CCC2)c(F)c1. The van der Waals surface area contributed by atoms with Gasteiger partial charge in [-0.2, -0.15) is 0 Å². The molecule has 0 spiro atoms. The van der Waals surface area contributed by atoms with E-state index in [2.05, 4.69) is 5.32 Å². The van der Waals surface area contributed by atoms with E-state index in [9.17, 15) is 14.0 Å². The molecular formula is C13H15FN2O3. The number of aliphatic carboxylic acids is 1. The average Bonchev–Trinajstić information content (AvgIpc) is 2.26. The number of hydrogen-bond acceptors (Lipinski definition) is 3. The first-order valence-corrected chi connectivity index (χ1v) is 6.01. The Bertz CT molecular complexity index is 527. The van der Waals surface area contributed by atoms with Crippen molar-refractivity contribution in [3.8, 4) is 0 Å². The van der Waals surface area contributed by atoms with Crippen molar-refractivity contribution >= 4 is 17.6 Å². The predicted octanol–water partition coefficient (Wildman–Crippen LogP) is 1.39. The number of carbonyl (C=O) groups is 2. The number of nitrogen functional groups attached to an aromatic ring is 1. The van der Waals surface area contributed by atoms with Crippen molar-refractivity contribution in [1.82, 2.24) is 5.32 Å². The highest BCUT2D eigenvalue weighted by atomic mass is 19.1. The van der Waals surface area contributed by atoms with E-state index in [-0.39, 0.29) is 17.8 Å². The fraction of sp³-hybridized carbons (Fsp3) is 0.385. The number of anilines is 1. The maximum absolute atomic E-state index is 13.5. The zero-order chi connectivity index (χ0) is 14.0. The molecule has 0 atom stereocenters. The lowest BCUT2D eigenvalue weighted by atomic mass is 9.69. The maximum atomic E-state index is 13.5. The van der Waals surface area contributed by atoms with Crippen LogP contribution in [-0.4, -0.2) is 23.5 Å². The van der Waals surface area contributed by atoms with Crippen LogP contribution in [0.2, 0.25) is 0 Å². The zero-order valence-corrected chi connectivity index (χ0v) is 10.3. The van der Waals surface area contributed by atoms with Crippen molar-refractivity contribution in [3.05, 3.63) is 29.6 Å². The standard InChI is InChI=1S/C13H15FN2O3/c14-10-6-8(15)2-3-9(10)11(17)16-7-13(12(18)19)4-1-5-13/h2-3,6H,1,4-5,7,15H2,(H,16,17)(H,18,19). The van der Waals surface area contributed by atoms with Crippen LogP contribution in [0.3, 0.4) is 0 Å². The van der Waals surface area contributed by atoms with Gasteiger partial charge in [-0.25, -0.2) is 4.39 Å². The minimum atomic E-state index is -0.920. The molecule has 1 fully saturated rings. The van der Waals surface area contributed by atoms with Crippen LogP contribution < -0.4 is 11.1 Å². The van der Waals surface area contributed by atoms with E-state index in [1.807, 2.05) is 0 Å². The van der Waals surface area contributed by atoms with Crippen molar-refractivity contribution in [2.45, 2.75) is 19.3 Å². The lowest BCUT2D eigenvalue weighted by molar-refractivity contribution is -0.153. The zero-order valence-electron chi connectivity index (χ0n) is 10.3. The van der Waals surface area contributed by atoms with Crippen LogP contribution in [0.15, 0.2) is 18.2 Å². The molecule has 1 aromatic carbocycles. The van der Waals surface area contributed by atoms with Gasteiger partial charge < -0.3 is 16.2 Å². The summed E-state index contributed by atoms with van der Waals surface area (Å²) in [7, 11) is 0. The molecule has 1 aliphatic carbocycles. The van der Waals surface area contributed by atoms with Gasteiger partial charge in [0.25, 0.3) is 5.91 Å².